The Bertz CT molecular complexity index is 386. The molecule has 0 radical (unpaired) electrons. The largest absolute Gasteiger partial charge is 0.379 e. The summed E-state index contributed by atoms with van der Waals surface area (Å²) in [5, 5.41) is 4.57. The third kappa shape index (κ3) is 3.22. The van der Waals surface area contributed by atoms with Crippen LogP contribution in [0.5, 0.6) is 0 Å². The molecule has 1 N–H and O–H groups in total. The number of likely N-dealkylation sites (N-methyl/N-ethyl adjacent to an activating group) is 1. The number of hydrogen-bond donors (Lipinski definition) is 1. The Morgan fingerprint density at radius 3 is 2.94 bits per heavy atom. The van der Waals surface area contributed by atoms with E-state index in [1.807, 2.05) is 0 Å². The van der Waals surface area contributed by atoms with Gasteiger partial charge in [0.1, 0.15) is 0 Å². The summed E-state index contributed by atoms with van der Waals surface area (Å²) in [4.78, 5) is 8.29. The SMILES string of the molecule is Cc1nc(N(C)C2CCOC2)sc1CNC(C)C. The molecule has 5 heteroatoms. The lowest BCUT2D eigenvalue weighted by molar-refractivity contribution is 0.193. The van der Waals surface area contributed by atoms with E-state index < -0.39 is 0 Å². The van der Waals surface area contributed by atoms with E-state index in [0.717, 1.165) is 37.0 Å². The molecule has 0 aromatic carbocycles. The monoisotopic (exact) mass is 269 g/mol. The lowest BCUT2D eigenvalue weighted by Crippen LogP contribution is -2.31. The molecule has 2 heterocycles. The van der Waals surface area contributed by atoms with Crippen molar-refractivity contribution >= 4 is 16.5 Å². The van der Waals surface area contributed by atoms with Gasteiger partial charge in [-0.15, -0.1) is 11.3 Å². The molecule has 1 unspecified atom stereocenters. The van der Waals surface area contributed by atoms with Crippen molar-refractivity contribution in [3.63, 3.8) is 0 Å². The van der Waals surface area contributed by atoms with Crippen molar-refractivity contribution in [2.75, 3.05) is 25.2 Å². The molecular weight excluding hydrogens is 246 g/mol. The van der Waals surface area contributed by atoms with Crippen LogP contribution in [-0.2, 0) is 11.3 Å². The third-order valence-electron chi connectivity index (χ3n) is 3.31. The quantitative estimate of drug-likeness (QED) is 0.889. The first-order valence-electron chi connectivity index (χ1n) is 6.58. The zero-order valence-electron chi connectivity index (χ0n) is 11.7. The number of anilines is 1. The van der Waals surface area contributed by atoms with Gasteiger partial charge in [-0.2, -0.15) is 0 Å². The lowest BCUT2D eigenvalue weighted by atomic mass is 10.2. The Kier molecular flexibility index (Phi) is 4.59. The minimum Gasteiger partial charge on any atom is -0.379 e. The van der Waals surface area contributed by atoms with Gasteiger partial charge in [0.25, 0.3) is 0 Å². The molecular formula is C13H23N3OS. The van der Waals surface area contributed by atoms with E-state index in [1.165, 1.54) is 4.88 Å². The summed E-state index contributed by atoms with van der Waals surface area (Å²) in [6, 6.07) is 0.998. The van der Waals surface area contributed by atoms with E-state index in [2.05, 4.69) is 43.0 Å². The number of thiazole rings is 1. The maximum atomic E-state index is 5.44. The van der Waals surface area contributed by atoms with E-state index in [-0.39, 0.29) is 0 Å². The van der Waals surface area contributed by atoms with E-state index in [4.69, 9.17) is 4.74 Å². The number of ether oxygens (including phenoxy) is 1. The minimum atomic E-state index is 0.487. The fraction of sp³-hybridized carbons (Fsp3) is 0.769. The highest BCUT2D eigenvalue weighted by Gasteiger charge is 2.23. The van der Waals surface area contributed by atoms with Gasteiger partial charge >= 0.3 is 0 Å². The van der Waals surface area contributed by atoms with E-state index >= 15 is 0 Å². The van der Waals surface area contributed by atoms with Gasteiger partial charge in [-0.1, -0.05) is 13.8 Å². The van der Waals surface area contributed by atoms with Crippen LogP contribution in [0, 0.1) is 6.92 Å². The summed E-state index contributed by atoms with van der Waals surface area (Å²) in [7, 11) is 2.12. The van der Waals surface area contributed by atoms with Crippen molar-refractivity contribution in [3.05, 3.63) is 10.6 Å². The predicted molar refractivity (Wildman–Crippen MR) is 76.5 cm³/mol. The summed E-state index contributed by atoms with van der Waals surface area (Å²) in [6.07, 6.45) is 1.11. The maximum Gasteiger partial charge on any atom is 0.185 e. The molecule has 4 nitrogen and oxygen atoms in total. The molecule has 18 heavy (non-hydrogen) atoms. The molecule has 1 atom stereocenters. The summed E-state index contributed by atoms with van der Waals surface area (Å²) in [5.74, 6) is 0. The molecule has 0 aliphatic carbocycles. The Labute approximate surface area is 113 Å². The fourth-order valence-electron chi connectivity index (χ4n) is 2.01. The first kappa shape index (κ1) is 13.8. The number of aromatic nitrogens is 1. The highest BCUT2D eigenvalue weighted by atomic mass is 32.1. The van der Waals surface area contributed by atoms with Crippen LogP contribution in [0.3, 0.4) is 0 Å². The van der Waals surface area contributed by atoms with E-state index in [1.54, 1.807) is 11.3 Å². The van der Waals surface area contributed by atoms with Crippen LogP contribution in [-0.4, -0.2) is 37.3 Å². The first-order valence-corrected chi connectivity index (χ1v) is 7.40. The number of aryl methyl sites for hydroxylation is 1. The average molecular weight is 269 g/mol. The van der Waals surface area contributed by atoms with Gasteiger partial charge in [0.15, 0.2) is 5.13 Å². The summed E-state index contributed by atoms with van der Waals surface area (Å²) in [5.41, 5.74) is 1.15. The van der Waals surface area contributed by atoms with Crippen LogP contribution in [0.25, 0.3) is 0 Å². The van der Waals surface area contributed by atoms with E-state index in [9.17, 15) is 0 Å². The smallest absolute Gasteiger partial charge is 0.185 e. The van der Waals surface area contributed by atoms with Gasteiger partial charge in [0, 0.05) is 31.1 Å². The van der Waals surface area contributed by atoms with Crippen LogP contribution in [0.2, 0.25) is 0 Å². The standard InChI is InChI=1S/C13H23N3OS/c1-9(2)14-7-12-10(3)15-13(18-12)16(4)11-5-6-17-8-11/h9,11,14H,5-8H2,1-4H3. The highest BCUT2D eigenvalue weighted by molar-refractivity contribution is 7.15. The number of hydrogen-bond acceptors (Lipinski definition) is 5. The second-order valence-electron chi connectivity index (χ2n) is 5.17. The predicted octanol–water partition coefficient (Wildman–Crippen LogP) is 2.17. The van der Waals surface area contributed by atoms with Gasteiger partial charge in [-0.3, -0.25) is 0 Å². The summed E-state index contributed by atoms with van der Waals surface area (Å²) >= 11 is 1.79. The van der Waals surface area contributed by atoms with Crippen molar-refractivity contribution < 1.29 is 4.74 Å². The maximum absolute atomic E-state index is 5.44. The van der Waals surface area contributed by atoms with Gasteiger partial charge in [-0.25, -0.2) is 4.98 Å². The van der Waals surface area contributed by atoms with Crippen LogP contribution < -0.4 is 10.2 Å². The Morgan fingerprint density at radius 1 is 1.56 bits per heavy atom. The molecule has 1 saturated heterocycles. The average Bonchev–Trinajstić information content (AvgIpc) is 2.94. The first-order chi connectivity index (χ1) is 8.58. The van der Waals surface area contributed by atoms with Crippen LogP contribution in [0.4, 0.5) is 5.13 Å². The van der Waals surface area contributed by atoms with Crippen molar-refractivity contribution in [1.29, 1.82) is 0 Å². The Morgan fingerprint density at radius 2 is 2.33 bits per heavy atom. The highest BCUT2D eigenvalue weighted by Crippen LogP contribution is 2.28. The normalized spacial score (nSPS) is 19.7. The molecule has 1 aliphatic heterocycles. The topological polar surface area (TPSA) is 37.4 Å². The zero-order chi connectivity index (χ0) is 13.1. The number of rotatable bonds is 5. The van der Waals surface area contributed by atoms with Crippen LogP contribution >= 0.6 is 11.3 Å². The molecule has 102 valence electrons. The second-order valence-corrected chi connectivity index (χ2v) is 6.23. The second kappa shape index (κ2) is 5.99. The van der Waals surface area contributed by atoms with Crippen molar-refractivity contribution in [3.8, 4) is 0 Å². The third-order valence-corrected chi connectivity index (χ3v) is 4.56. The van der Waals surface area contributed by atoms with Crippen molar-refractivity contribution in [1.82, 2.24) is 10.3 Å². The van der Waals surface area contributed by atoms with Gasteiger partial charge in [0.2, 0.25) is 0 Å². The van der Waals surface area contributed by atoms with Crippen LogP contribution in [0.15, 0.2) is 0 Å². The van der Waals surface area contributed by atoms with Gasteiger partial charge in [-0.05, 0) is 13.3 Å². The molecule has 0 bridgehead atoms. The number of nitrogens with one attached hydrogen (secondary N) is 1. The molecule has 2 rings (SSSR count). The fourth-order valence-corrected chi connectivity index (χ4v) is 3.05. The van der Waals surface area contributed by atoms with Crippen LogP contribution in [0.1, 0.15) is 30.8 Å². The van der Waals surface area contributed by atoms with Gasteiger partial charge < -0.3 is 15.0 Å². The molecule has 1 fully saturated rings. The molecule has 0 amide bonds. The molecule has 1 aromatic heterocycles. The molecule has 1 aliphatic rings. The van der Waals surface area contributed by atoms with Crippen molar-refractivity contribution in [2.45, 2.75) is 45.8 Å². The Hall–Kier alpha value is -0.650. The molecule has 0 saturated carbocycles. The zero-order valence-corrected chi connectivity index (χ0v) is 12.5. The minimum absolute atomic E-state index is 0.487. The Balaban J connectivity index is 2.02. The summed E-state index contributed by atoms with van der Waals surface area (Å²) in [6.45, 7) is 9.04. The number of nitrogens with zero attached hydrogens (tertiary/aromatic N) is 2. The molecule has 1 aromatic rings. The molecule has 0 spiro atoms. The van der Waals surface area contributed by atoms with E-state index in [0.29, 0.717) is 12.1 Å². The van der Waals surface area contributed by atoms with Crippen molar-refractivity contribution in [2.24, 2.45) is 0 Å². The summed E-state index contributed by atoms with van der Waals surface area (Å²) < 4.78 is 5.44. The lowest BCUT2D eigenvalue weighted by Gasteiger charge is -2.21. The van der Waals surface area contributed by atoms with Gasteiger partial charge in [0.05, 0.1) is 18.3 Å².